The van der Waals surface area contributed by atoms with Crippen LogP contribution in [0.2, 0.25) is 0 Å². The number of aryl methyl sites for hydroxylation is 1. The van der Waals surface area contributed by atoms with E-state index in [1.165, 1.54) is 38.5 Å². The summed E-state index contributed by atoms with van der Waals surface area (Å²) in [5.41, 5.74) is 1.74. The van der Waals surface area contributed by atoms with Crippen LogP contribution in [-0.2, 0) is 20.7 Å². The van der Waals surface area contributed by atoms with Gasteiger partial charge in [-0.3, -0.25) is 9.59 Å². The van der Waals surface area contributed by atoms with Crippen molar-refractivity contribution in [2.24, 2.45) is 23.2 Å². The minimum absolute atomic E-state index is 0.136. The van der Waals surface area contributed by atoms with Gasteiger partial charge >= 0.3 is 5.97 Å². The van der Waals surface area contributed by atoms with Crippen molar-refractivity contribution in [1.29, 1.82) is 0 Å². The molecule has 1 atom stereocenters. The maximum absolute atomic E-state index is 12.4. The number of fused-ring (bicyclic) bond motifs is 1. The largest absolute Gasteiger partial charge is 0.456 e. The number of nitrogens with one attached hydrogen (secondary N) is 1. The quantitative estimate of drug-likeness (QED) is 0.697. The SMILES string of the molecule is C[C@@H](NC(=O)COC(=O)CCc1nc2ccccc2o1)C12CC3CC(CC(C3)C1)C2. The highest BCUT2D eigenvalue weighted by Gasteiger charge is 2.53. The van der Waals surface area contributed by atoms with Gasteiger partial charge in [0.15, 0.2) is 18.1 Å². The third kappa shape index (κ3) is 3.84. The Labute approximate surface area is 176 Å². The maximum Gasteiger partial charge on any atom is 0.306 e. The van der Waals surface area contributed by atoms with Crippen molar-refractivity contribution in [3.05, 3.63) is 30.2 Å². The lowest BCUT2D eigenvalue weighted by Gasteiger charge is -2.59. The summed E-state index contributed by atoms with van der Waals surface area (Å²) in [6.07, 6.45) is 8.39. The van der Waals surface area contributed by atoms with Crippen LogP contribution in [0.1, 0.15) is 57.8 Å². The number of oxazole rings is 1. The molecule has 160 valence electrons. The average Bonchev–Trinajstić information content (AvgIpc) is 3.13. The summed E-state index contributed by atoms with van der Waals surface area (Å²) < 4.78 is 10.8. The molecule has 0 aliphatic heterocycles. The molecule has 4 aliphatic carbocycles. The van der Waals surface area contributed by atoms with Crippen LogP contribution in [0, 0.1) is 23.2 Å². The molecule has 4 aliphatic rings. The Balaban J connectivity index is 1.08. The monoisotopic (exact) mass is 410 g/mol. The Bertz CT molecular complexity index is 881. The molecule has 1 aromatic heterocycles. The van der Waals surface area contributed by atoms with E-state index >= 15 is 0 Å². The molecule has 0 radical (unpaired) electrons. The normalized spacial score (nSPS) is 30.4. The average molecular weight is 411 g/mol. The third-order valence-electron chi connectivity index (χ3n) is 7.63. The van der Waals surface area contributed by atoms with E-state index < -0.39 is 5.97 Å². The van der Waals surface area contributed by atoms with Crippen LogP contribution < -0.4 is 5.32 Å². The van der Waals surface area contributed by atoms with Gasteiger partial charge in [0.2, 0.25) is 0 Å². The standard InChI is InChI=1S/C24H30N2O4/c1-15(24-11-16-8-17(12-24)10-18(9-16)13-24)25-21(27)14-29-23(28)7-6-22-26-19-4-2-3-5-20(19)30-22/h2-5,15-18H,6-14H2,1H3,(H,25,27)/t15-,16?,17?,18?,24?/m1/s1. The summed E-state index contributed by atoms with van der Waals surface area (Å²) in [4.78, 5) is 28.9. The zero-order valence-corrected chi connectivity index (χ0v) is 17.6. The molecule has 4 bridgehead atoms. The van der Waals surface area contributed by atoms with Crippen LogP contribution >= 0.6 is 0 Å². The summed E-state index contributed by atoms with van der Waals surface area (Å²) >= 11 is 0. The molecule has 1 heterocycles. The molecular formula is C24H30N2O4. The van der Waals surface area contributed by atoms with Crippen molar-refractivity contribution >= 4 is 23.0 Å². The fraction of sp³-hybridized carbons (Fsp3) is 0.625. The lowest BCUT2D eigenvalue weighted by atomic mass is 9.48. The number of amides is 1. The molecule has 6 nitrogen and oxygen atoms in total. The van der Waals surface area contributed by atoms with E-state index in [0.717, 1.165) is 23.3 Å². The van der Waals surface area contributed by atoms with E-state index in [1.807, 2.05) is 24.3 Å². The lowest BCUT2D eigenvalue weighted by molar-refractivity contribution is -0.149. The summed E-state index contributed by atoms with van der Waals surface area (Å²) in [5.74, 6) is 2.44. The molecule has 4 fully saturated rings. The number of hydrogen-bond acceptors (Lipinski definition) is 5. The smallest absolute Gasteiger partial charge is 0.306 e. The van der Waals surface area contributed by atoms with Crippen LogP contribution in [-0.4, -0.2) is 29.5 Å². The predicted octanol–water partition coefficient (Wildman–Crippen LogP) is 4.02. The summed E-state index contributed by atoms with van der Waals surface area (Å²) in [6, 6.07) is 7.63. The van der Waals surface area contributed by atoms with Gasteiger partial charge in [0.25, 0.3) is 5.91 Å². The molecule has 1 amide bonds. The number of carbonyl (C=O) groups is 2. The van der Waals surface area contributed by atoms with Gasteiger partial charge in [0.1, 0.15) is 5.52 Å². The topological polar surface area (TPSA) is 81.4 Å². The Morgan fingerprint density at radius 2 is 1.83 bits per heavy atom. The van der Waals surface area contributed by atoms with Crippen LogP contribution in [0.5, 0.6) is 0 Å². The summed E-state index contributed by atoms with van der Waals surface area (Å²) in [7, 11) is 0. The molecule has 1 aromatic carbocycles. The van der Waals surface area contributed by atoms with Gasteiger partial charge in [-0.2, -0.15) is 0 Å². The van der Waals surface area contributed by atoms with Gasteiger partial charge in [-0.25, -0.2) is 4.98 Å². The molecule has 0 spiro atoms. The first kappa shape index (κ1) is 19.6. The number of rotatable bonds is 7. The molecule has 4 saturated carbocycles. The van der Waals surface area contributed by atoms with Gasteiger partial charge in [-0.1, -0.05) is 12.1 Å². The van der Waals surface area contributed by atoms with Gasteiger partial charge in [-0.05, 0) is 80.8 Å². The molecule has 0 unspecified atom stereocenters. The predicted molar refractivity (Wildman–Crippen MR) is 111 cm³/mol. The Kier molecular flexibility index (Phi) is 5.03. The van der Waals surface area contributed by atoms with Crippen molar-refractivity contribution in [2.75, 3.05) is 6.61 Å². The van der Waals surface area contributed by atoms with E-state index in [0.29, 0.717) is 17.9 Å². The number of para-hydroxylation sites is 2. The summed E-state index contributed by atoms with van der Waals surface area (Å²) in [5, 5.41) is 3.14. The number of carbonyl (C=O) groups excluding carboxylic acids is 2. The molecule has 0 saturated heterocycles. The second-order valence-electron chi connectivity index (χ2n) is 9.81. The van der Waals surface area contributed by atoms with Crippen LogP contribution in [0.15, 0.2) is 28.7 Å². The van der Waals surface area contributed by atoms with Crippen molar-refractivity contribution in [3.63, 3.8) is 0 Å². The van der Waals surface area contributed by atoms with Gasteiger partial charge in [-0.15, -0.1) is 0 Å². The molecular weight excluding hydrogens is 380 g/mol. The Hall–Kier alpha value is -2.37. The van der Waals surface area contributed by atoms with Gasteiger partial charge in [0.05, 0.1) is 6.42 Å². The minimum atomic E-state index is -0.408. The maximum atomic E-state index is 12.4. The highest BCUT2D eigenvalue weighted by Crippen LogP contribution is 2.61. The van der Waals surface area contributed by atoms with Crippen LogP contribution in [0.25, 0.3) is 11.1 Å². The van der Waals surface area contributed by atoms with E-state index in [4.69, 9.17) is 9.15 Å². The number of esters is 1. The fourth-order valence-electron chi connectivity index (χ4n) is 6.60. The van der Waals surface area contributed by atoms with E-state index in [2.05, 4.69) is 17.2 Å². The first-order valence-corrected chi connectivity index (χ1v) is 11.3. The third-order valence-corrected chi connectivity index (χ3v) is 7.63. The minimum Gasteiger partial charge on any atom is -0.456 e. The summed E-state index contributed by atoms with van der Waals surface area (Å²) in [6.45, 7) is 1.92. The molecule has 2 aromatic rings. The van der Waals surface area contributed by atoms with Crippen LogP contribution in [0.3, 0.4) is 0 Å². The van der Waals surface area contributed by atoms with Crippen LogP contribution in [0.4, 0.5) is 0 Å². The number of benzene rings is 1. The fourth-order valence-corrected chi connectivity index (χ4v) is 6.60. The Morgan fingerprint density at radius 3 is 2.50 bits per heavy atom. The van der Waals surface area contributed by atoms with E-state index in [9.17, 15) is 9.59 Å². The lowest BCUT2D eigenvalue weighted by Crippen LogP contribution is -2.56. The molecule has 6 rings (SSSR count). The van der Waals surface area contributed by atoms with Crippen molar-refractivity contribution in [2.45, 2.75) is 64.3 Å². The zero-order valence-electron chi connectivity index (χ0n) is 17.6. The number of hydrogen-bond donors (Lipinski definition) is 1. The van der Waals surface area contributed by atoms with E-state index in [1.54, 1.807) is 0 Å². The number of ether oxygens (including phenoxy) is 1. The molecule has 6 heteroatoms. The number of nitrogens with zero attached hydrogens (tertiary/aromatic N) is 1. The Morgan fingerprint density at radius 1 is 1.17 bits per heavy atom. The second kappa shape index (κ2) is 7.71. The van der Waals surface area contributed by atoms with Gasteiger partial charge in [0, 0.05) is 12.5 Å². The zero-order chi connectivity index (χ0) is 20.7. The highest BCUT2D eigenvalue weighted by atomic mass is 16.5. The van der Waals surface area contributed by atoms with Gasteiger partial charge < -0.3 is 14.5 Å². The first-order valence-electron chi connectivity index (χ1n) is 11.3. The van der Waals surface area contributed by atoms with Crippen molar-refractivity contribution in [3.8, 4) is 0 Å². The molecule has 1 N–H and O–H groups in total. The van der Waals surface area contributed by atoms with Crippen molar-refractivity contribution in [1.82, 2.24) is 10.3 Å². The second-order valence-corrected chi connectivity index (χ2v) is 9.81. The highest BCUT2D eigenvalue weighted by molar-refractivity contribution is 5.80. The first-order chi connectivity index (χ1) is 14.5. The van der Waals surface area contributed by atoms with E-state index in [-0.39, 0.29) is 30.4 Å². The molecule has 30 heavy (non-hydrogen) atoms. The van der Waals surface area contributed by atoms with Crippen molar-refractivity contribution < 1.29 is 18.7 Å². The number of aromatic nitrogens is 1.